The molecule has 0 saturated heterocycles. The number of allylic oxidation sites excluding steroid dienone is 5. The Morgan fingerprint density at radius 3 is 1.74 bits per heavy atom. The van der Waals surface area contributed by atoms with Gasteiger partial charge in [0.2, 0.25) is 0 Å². The molecule has 4 aromatic carbocycles. The highest BCUT2D eigenvalue weighted by Gasteiger charge is 2.51. The summed E-state index contributed by atoms with van der Waals surface area (Å²) < 4.78 is 0. The van der Waals surface area contributed by atoms with Crippen molar-refractivity contribution < 1.29 is 0 Å². The maximum Gasteiger partial charge on any atom is 0.0725 e. The van der Waals surface area contributed by atoms with Gasteiger partial charge in [-0.1, -0.05) is 123 Å². The summed E-state index contributed by atoms with van der Waals surface area (Å²) in [7, 11) is 0. The fourth-order valence-corrected chi connectivity index (χ4v) is 6.48. The fraction of sp³-hybridized carbons (Fsp3) is 0.143. The van der Waals surface area contributed by atoms with Crippen molar-refractivity contribution in [2.24, 2.45) is 0 Å². The van der Waals surface area contributed by atoms with E-state index in [0.29, 0.717) is 0 Å². The van der Waals surface area contributed by atoms with Crippen LogP contribution in [0.3, 0.4) is 0 Å². The van der Waals surface area contributed by atoms with Gasteiger partial charge in [-0.3, -0.25) is 0 Å². The number of fused-ring (bicyclic) bond motifs is 10. The second-order valence-electron chi connectivity index (χ2n) is 9.54. The molecule has 0 atom stereocenters. The van der Waals surface area contributed by atoms with Crippen molar-refractivity contribution in [3.63, 3.8) is 0 Å². The SMILES string of the molecule is C=C/C(=C(\C=C/C)CCC)c1ccc2c(c1)-c1ccccc1C21c2ccccc2-c2ccccc21. The van der Waals surface area contributed by atoms with Gasteiger partial charge in [0.25, 0.3) is 0 Å². The predicted octanol–water partition coefficient (Wildman–Crippen LogP) is 9.35. The molecule has 4 aromatic rings. The van der Waals surface area contributed by atoms with Crippen molar-refractivity contribution in [2.45, 2.75) is 32.1 Å². The predicted molar refractivity (Wildman–Crippen MR) is 150 cm³/mol. The van der Waals surface area contributed by atoms with Crippen molar-refractivity contribution >= 4 is 5.57 Å². The van der Waals surface area contributed by atoms with E-state index in [-0.39, 0.29) is 5.41 Å². The molecular formula is C35H30. The number of hydrogen-bond donors (Lipinski definition) is 0. The van der Waals surface area contributed by atoms with Gasteiger partial charge in [-0.25, -0.2) is 0 Å². The summed E-state index contributed by atoms with van der Waals surface area (Å²) >= 11 is 0. The van der Waals surface area contributed by atoms with Gasteiger partial charge in [-0.2, -0.15) is 0 Å². The van der Waals surface area contributed by atoms with E-state index in [9.17, 15) is 0 Å². The molecular weight excluding hydrogens is 420 g/mol. The van der Waals surface area contributed by atoms with E-state index < -0.39 is 0 Å². The molecule has 0 N–H and O–H groups in total. The highest BCUT2D eigenvalue weighted by molar-refractivity contribution is 5.96. The monoisotopic (exact) mass is 450 g/mol. The van der Waals surface area contributed by atoms with Crippen LogP contribution in [0.25, 0.3) is 27.8 Å². The van der Waals surface area contributed by atoms with E-state index in [4.69, 9.17) is 0 Å². The van der Waals surface area contributed by atoms with E-state index in [1.807, 2.05) is 6.08 Å². The Kier molecular flexibility index (Phi) is 5.19. The topological polar surface area (TPSA) is 0 Å². The molecule has 1 spiro atoms. The Bertz CT molecular complexity index is 1480. The smallest absolute Gasteiger partial charge is 0.0725 e. The van der Waals surface area contributed by atoms with Gasteiger partial charge in [0.1, 0.15) is 0 Å². The molecule has 0 aromatic heterocycles. The largest absolute Gasteiger partial charge is 0.0984 e. The minimum absolute atomic E-state index is 0.273. The van der Waals surface area contributed by atoms with Gasteiger partial charge < -0.3 is 0 Å². The average molecular weight is 451 g/mol. The van der Waals surface area contributed by atoms with Crippen LogP contribution in [0, 0.1) is 0 Å². The zero-order valence-electron chi connectivity index (χ0n) is 20.5. The van der Waals surface area contributed by atoms with Crippen LogP contribution in [0.1, 0.15) is 54.5 Å². The Morgan fingerprint density at radius 2 is 1.23 bits per heavy atom. The average Bonchev–Trinajstić information content (AvgIpc) is 3.37. The van der Waals surface area contributed by atoms with Crippen LogP contribution in [0.4, 0.5) is 0 Å². The van der Waals surface area contributed by atoms with Crippen molar-refractivity contribution in [1.29, 1.82) is 0 Å². The summed E-state index contributed by atoms with van der Waals surface area (Å²) in [5, 5.41) is 0. The lowest BCUT2D eigenvalue weighted by atomic mass is 9.70. The summed E-state index contributed by atoms with van der Waals surface area (Å²) in [6.45, 7) is 8.53. The molecule has 0 unspecified atom stereocenters. The van der Waals surface area contributed by atoms with Gasteiger partial charge in [0.15, 0.2) is 0 Å². The molecule has 170 valence electrons. The van der Waals surface area contributed by atoms with Gasteiger partial charge in [-0.05, 0) is 80.6 Å². The summed E-state index contributed by atoms with van der Waals surface area (Å²) in [5.74, 6) is 0. The summed E-state index contributed by atoms with van der Waals surface area (Å²) in [6, 6.07) is 34.0. The highest BCUT2D eigenvalue weighted by Crippen LogP contribution is 2.62. The number of hydrogen-bond acceptors (Lipinski definition) is 0. The first kappa shape index (κ1) is 21.6. The fourth-order valence-electron chi connectivity index (χ4n) is 6.48. The van der Waals surface area contributed by atoms with E-state index in [2.05, 4.69) is 124 Å². The van der Waals surface area contributed by atoms with E-state index in [0.717, 1.165) is 12.8 Å². The lowest BCUT2D eigenvalue weighted by Gasteiger charge is -2.30. The highest BCUT2D eigenvalue weighted by atomic mass is 14.5. The second-order valence-corrected chi connectivity index (χ2v) is 9.54. The van der Waals surface area contributed by atoms with Gasteiger partial charge >= 0.3 is 0 Å². The van der Waals surface area contributed by atoms with Crippen molar-refractivity contribution in [1.82, 2.24) is 0 Å². The molecule has 35 heavy (non-hydrogen) atoms. The Morgan fingerprint density at radius 1 is 0.714 bits per heavy atom. The third kappa shape index (κ3) is 2.93. The first-order valence-electron chi connectivity index (χ1n) is 12.7. The molecule has 0 radical (unpaired) electrons. The second kappa shape index (κ2) is 8.40. The van der Waals surface area contributed by atoms with Crippen molar-refractivity contribution in [3.8, 4) is 22.3 Å². The van der Waals surface area contributed by atoms with Crippen LogP contribution in [-0.2, 0) is 5.41 Å². The quantitative estimate of drug-likeness (QED) is 0.229. The van der Waals surface area contributed by atoms with Gasteiger partial charge in [0, 0.05) is 0 Å². The van der Waals surface area contributed by atoms with Crippen LogP contribution in [0.5, 0.6) is 0 Å². The molecule has 0 nitrogen and oxygen atoms in total. The third-order valence-corrected chi connectivity index (χ3v) is 7.75. The molecule has 2 aliphatic carbocycles. The Hall–Kier alpha value is -3.90. The maximum atomic E-state index is 4.20. The van der Waals surface area contributed by atoms with Crippen molar-refractivity contribution in [3.05, 3.63) is 149 Å². The van der Waals surface area contributed by atoms with Gasteiger partial charge in [-0.15, -0.1) is 0 Å². The molecule has 0 amide bonds. The minimum Gasteiger partial charge on any atom is -0.0984 e. The Balaban J connectivity index is 1.68. The molecule has 0 bridgehead atoms. The van der Waals surface area contributed by atoms with Crippen LogP contribution in [-0.4, -0.2) is 0 Å². The van der Waals surface area contributed by atoms with E-state index >= 15 is 0 Å². The van der Waals surface area contributed by atoms with E-state index in [1.54, 1.807) is 0 Å². The van der Waals surface area contributed by atoms with Crippen LogP contribution in [0.15, 0.2) is 121 Å². The van der Waals surface area contributed by atoms with Gasteiger partial charge in [0.05, 0.1) is 5.41 Å². The van der Waals surface area contributed by atoms with Crippen molar-refractivity contribution in [2.75, 3.05) is 0 Å². The number of benzene rings is 4. The van der Waals surface area contributed by atoms with Crippen LogP contribution < -0.4 is 0 Å². The zero-order chi connectivity index (χ0) is 24.0. The molecule has 0 heteroatoms. The first-order chi connectivity index (χ1) is 17.2. The molecule has 0 saturated carbocycles. The normalized spacial score (nSPS) is 14.9. The molecule has 0 aliphatic heterocycles. The maximum absolute atomic E-state index is 4.20. The molecule has 0 heterocycles. The standard InChI is InChI=1S/C35H30/c1-4-13-24(14-5-2)26(6-3)25-21-22-34-30(23-25)29-17-9-12-20-33(29)35(34)31-18-10-7-15-27(31)28-16-8-11-19-32(28)35/h4,6-13,15-23H,3,5,14H2,1-2H3/b13-4-,26-24-. The lowest BCUT2D eigenvalue weighted by Crippen LogP contribution is -2.25. The minimum atomic E-state index is -0.273. The lowest BCUT2D eigenvalue weighted by molar-refractivity contribution is 0.793. The zero-order valence-corrected chi connectivity index (χ0v) is 20.5. The molecule has 6 rings (SSSR count). The summed E-state index contributed by atoms with van der Waals surface area (Å²) in [5.41, 5.74) is 14.5. The number of rotatable bonds is 5. The Labute approximate surface area is 209 Å². The first-order valence-corrected chi connectivity index (χ1v) is 12.7. The van der Waals surface area contributed by atoms with E-state index in [1.165, 1.54) is 61.2 Å². The molecule has 2 aliphatic rings. The summed E-state index contributed by atoms with van der Waals surface area (Å²) in [4.78, 5) is 0. The summed E-state index contributed by atoms with van der Waals surface area (Å²) in [6.07, 6.45) is 8.57. The van der Waals surface area contributed by atoms with Crippen LogP contribution >= 0.6 is 0 Å². The molecule has 0 fully saturated rings. The third-order valence-electron chi connectivity index (χ3n) is 7.75. The van der Waals surface area contributed by atoms with Crippen LogP contribution in [0.2, 0.25) is 0 Å².